The lowest BCUT2D eigenvalue weighted by molar-refractivity contribution is -0.576. The van der Waals surface area contributed by atoms with Crippen LogP contribution >= 0.6 is 12.2 Å². The van der Waals surface area contributed by atoms with Gasteiger partial charge in [-0.25, -0.2) is 9.18 Å². The normalized spacial score (nSPS) is 11.5. The van der Waals surface area contributed by atoms with E-state index in [1.54, 1.807) is 55.6 Å². The van der Waals surface area contributed by atoms with Crippen molar-refractivity contribution < 1.29 is 23.6 Å². The number of pyridine rings is 1. The highest BCUT2D eigenvalue weighted by molar-refractivity contribution is 7.81. The van der Waals surface area contributed by atoms with E-state index in [9.17, 15) is 14.3 Å². The molecule has 0 aliphatic rings. The minimum atomic E-state index is -0.501. The van der Waals surface area contributed by atoms with Gasteiger partial charge in [-0.1, -0.05) is 54.2 Å². The molecule has 0 radical (unpaired) electrons. The first-order valence-corrected chi connectivity index (χ1v) is 10.1. The molecule has 0 saturated carbocycles. The van der Waals surface area contributed by atoms with Gasteiger partial charge in [-0.15, -0.1) is 0 Å². The number of aliphatic hydroxyl groups excluding tert-OH is 1. The van der Waals surface area contributed by atoms with E-state index in [-0.39, 0.29) is 34.3 Å². The average molecular weight is 438 g/mol. The van der Waals surface area contributed by atoms with Crippen LogP contribution in [-0.2, 0) is 4.74 Å². The molecule has 7 heteroatoms. The summed E-state index contributed by atoms with van der Waals surface area (Å²) in [4.78, 5) is 12.3. The molecule has 0 atom stereocenters. The van der Waals surface area contributed by atoms with Gasteiger partial charge in [-0.2, -0.15) is 4.57 Å². The number of aryl methyl sites for hydroxylation is 1. The van der Waals surface area contributed by atoms with E-state index in [2.05, 4.69) is 5.32 Å². The van der Waals surface area contributed by atoms with Gasteiger partial charge in [-0.3, -0.25) is 0 Å². The lowest BCUT2D eigenvalue weighted by Gasteiger charge is -2.11. The number of benzene rings is 2. The standard InChI is InChI=1S/C24H21FN2O3S/c1-3-30-24(29)18-7-6-14-27(15-18)21(22(28)17-12-10-16(2)11-13-17)23(31)26-20-9-5-4-8-19(20)25/h4-15H,3H2,1-2H3,(H-,26,28,31)/p+1. The predicted octanol–water partition coefficient (Wildman–Crippen LogP) is 4.92. The number of carbonyl (C=O) groups excluding carboxylic acids is 1. The summed E-state index contributed by atoms with van der Waals surface area (Å²) in [5.74, 6) is -1.11. The molecular weight excluding hydrogens is 415 g/mol. The summed E-state index contributed by atoms with van der Waals surface area (Å²) in [5, 5.41) is 13.9. The molecule has 3 aromatic rings. The second kappa shape index (κ2) is 9.95. The maximum Gasteiger partial charge on any atom is 0.344 e. The van der Waals surface area contributed by atoms with Crippen LogP contribution in [0.4, 0.5) is 10.1 Å². The van der Waals surface area contributed by atoms with Gasteiger partial charge in [0.15, 0.2) is 23.1 Å². The lowest BCUT2D eigenvalue weighted by Crippen LogP contribution is -2.39. The van der Waals surface area contributed by atoms with Crippen molar-refractivity contribution in [1.29, 1.82) is 0 Å². The van der Waals surface area contributed by atoms with Crippen molar-refractivity contribution in [2.45, 2.75) is 13.8 Å². The highest BCUT2D eigenvalue weighted by atomic mass is 32.1. The van der Waals surface area contributed by atoms with Crippen molar-refractivity contribution >= 4 is 40.3 Å². The molecule has 0 amide bonds. The van der Waals surface area contributed by atoms with Crippen LogP contribution < -0.4 is 9.88 Å². The second-order valence-electron chi connectivity index (χ2n) is 6.72. The van der Waals surface area contributed by atoms with Crippen molar-refractivity contribution in [3.63, 3.8) is 0 Å². The number of nitrogens with one attached hydrogen (secondary N) is 1. The Balaban J connectivity index is 2.11. The van der Waals surface area contributed by atoms with Crippen LogP contribution in [0.5, 0.6) is 0 Å². The molecule has 5 nitrogen and oxygen atoms in total. The molecule has 0 aliphatic heterocycles. The predicted molar refractivity (Wildman–Crippen MR) is 122 cm³/mol. The maximum absolute atomic E-state index is 14.2. The van der Waals surface area contributed by atoms with Crippen LogP contribution in [0.1, 0.15) is 28.4 Å². The number of esters is 1. The van der Waals surface area contributed by atoms with Crippen LogP contribution in [0.2, 0.25) is 0 Å². The van der Waals surface area contributed by atoms with E-state index >= 15 is 0 Å². The highest BCUT2D eigenvalue weighted by Crippen LogP contribution is 2.21. The zero-order valence-corrected chi connectivity index (χ0v) is 17.9. The van der Waals surface area contributed by atoms with E-state index in [1.807, 2.05) is 19.1 Å². The summed E-state index contributed by atoms with van der Waals surface area (Å²) in [5.41, 5.74) is 2.19. The van der Waals surface area contributed by atoms with Crippen LogP contribution in [0.15, 0.2) is 73.1 Å². The van der Waals surface area contributed by atoms with Gasteiger partial charge >= 0.3 is 5.97 Å². The number of hydrogen-bond acceptors (Lipinski definition) is 4. The third kappa shape index (κ3) is 5.32. The quantitative estimate of drug-likeness (QED) is 0.188. The summed E-state index contributed by atoms with van der Waals surface area (Å²) in [6, 6.07) is 16.6. The first-order valence-electron chi connectivity index (χ1n) is 9.65. The number of rotatable bonds is 6. The van der Waals surface area contributed by atoms with Crippen LogP contribution in [0, 0.1) is 12.7 Å². The SMILES string of the molecule is CCOC(=O)c1ccc[n+](/C(C(=S)Nc2ccccc2F)=C(\O)c2ccc(C)cc2)c1. The Hall–Kier alpha value is -3.58. The van der Waals surface area contributed by atoms with Gasteiger partial charge in [0, 0.05) is 11.6 Å². The first kappa shape index (κ1) is 22.1. The lowest BCUT2D eigenvalue weighted by atomic mass is 10.1. The Bertz CT molecular complexity index is 1140. The third-order valence-corrected chi connectivity index (χ3v) is 4.75. The molecule has 1 aromatic heterocycles. The minimum Gasteiger partial charge on any atom is -0.502 e. The molecule has 0 saturated heterocycles. The number of halogens is 1. The number of para-hydroxylation sites is 1. The first-order chi connectivity index (χ1) is 14.9. The van der Waals surface area contributed by atoms with Gasteiger partial charge in [0.1, 0.15) is 11.4 Å². The van der Waals surface area contributed by atoms with Crippen molar-refractivity contribution in [3.8, 4) is 0 Å². The van der Waals surface area contributed by atoms with Gasteiger partial charge in [0.2, 0.25) is 0 Å². The number of anilines is 1. The monoisotopic (exact) mass is 437 g/mol. The molecule has 2 aromatic carbocycles. The van der Waals surface area contributed by atoms with E-state index in [1.165, 1.54) is 16.8 Å². The maximum atomic E-state index is 14.2. The van der Waals surface area contributed by atoms with Gasteiger partial charge in [0.25, 0.3) is 5.70 Å². The second-order valence-corrected chi connectivity index (χ2v) is 7.13. The summed E-state index contributed by atoms with van der Waals surface area (Å²) >= 11 is 5.53. The number of aromatic nitrogens is 1. The summed E-state index contributed by atoms with van der Waals surface area (Å²) in [6.07, 6.45) is 3.14. The molecule has 31 heavy (non-hydrogen) atoms. The molecule has 0 unspecified atom stereocenters. The zero-order valence-electron chi connectivity index (χ0n) is 17.1. The Morgan fingerprint density at radius 3 is 2.48 bits per heavy atom. The Morgan fingerprint density at radius 2 is 1.81 bits per heavy atom. The fourth-order valence-corrected chi connectivity index (χ4v) is 3.20. The number of carbonyl (C=O) groups is 1. The summed E-state index contributed by atoms with van der Waals surface area (Å²) < 4.78 is 20.7. The van der Waals surface area contributed by atoms with E-state index < -0.39 is 11.8 Å². The third-order valence-electron chi connectivity index (χ3n) is 4.46. The Morgan fingerprint density at radius 1 is 1.10 bits per heavy atom. The Kier molecular flexibility index (Phi) is 7.10. The molecule has 0 aliphatic carbocycles. The van der Waals surface area contributed by atoms with Crippen molar-refractivity contribution in [2.75, 3.05) is 11.9 Å². The van der Waals surface area contributed by atoms with Crippen LogP contribution in [0.25, 0.3) is 11.5 Å². The average Bonchev–Trinajstić information content (AvgIpc) is 2.76. The number of ether oxygens (including phenoxy) is 1. The number of nitrogens with zero attached hydrogens (tertiary/aromatic N) is 1. The number of thiocarbonyl (C=S) groups is 1. The molecular formula is C24H22FN2O3S+. The fourth-order valence-electron chi connectivity index (χ4n) is 2.89. The molecule has 0 bridgehead atoms. The van der Waals surface area contributed by atoms with Crippen molar-refractivity contribution in [2.24, 2.45) is 0 Å². The molecule has 1 heterocycles. The fraction of sp³-hybridized carbons (Fsp3) is 0.125. The number of hydrogen-bond donors (Lipinski definition) is 2. The largest absolute Gasteiger partial charge is 0.502 e. The molecule has 3 rings (SSSR count). The topological polar surface area (TPSA) is 62.4 Å². The Labute approximate surface area is 185 Å². The van der Waals surface area contributed by atoms with Crippen molar-refractivity contribution in [1.82, 2.24) is 0 Å². The van der Waals surface area contributed by atoms with E-state index in [0.717, 1.165) is 5.56 Å². The van der Waals surface area contributed by atoms with Gasteiger partial charge in [0.05, 0.1) is 12.3 Å². The summed E-state index contributed by atoms with van der Waals surface area (Å²) in [6.45, 7) is 3.89. The van der Waals surface area contributed by atoms with Gasteiger partial charge < -0.3 is 15.2 Å². The van der Waals surface area contributed by atoms with E-state index in [4.69, 9.17) is 17.0 Å². The van der Waals surface area contributed by atoms with Gasteiger partial charge in [-0.05, 0) is 32.0 Å². The smallest absolute Gasteiger partial charge is 0.344 e. The highest BCUT2D eigenvalue weighted by Gasteiger charge is 2.26. The van der Waals surface area contributed by atoms with Crippen LogP contribution in [-0.4, -0.2) is 22.7 Å². The molecule has 2 N–H and O–H groups in total. The number of aliphatic hydroxyl groups is 1. The summed E-state index contributed by atoms with van der Waals surface area (Å²) in [7, 11) is 0. The molecule has 0 fully saturated rings. The molecule has 0 spiro atoms. The zero-order chi connectivity index (χ0) is 22.4. The van der Waals surface area contributed by atoms with E-state index in [0.29, 0.717) is 5.56 Å². The molecule has 158 valence electrons. The van der Waals surface area contributed by atoms with Crippen LogP contribution in [0.3, 0.4) is 0 Å². The minimum absolute atomic E-state index is 0.0779. The van der Waals surface area contributed by atoms with Crippen molar-refractivity contribution in [3.05, 3.63) is 95.6 Å².